The van der Waals surface area contributed by atoms with Crippen LogP contribution in [-0.2, 0) is 14.2 Å². The van der Waals surface area contributed by atoms with Crippen molar-refractivity contribution in [1.29, 1.82) is 0 Å². The van der Waals surface area contributed by atoms with E-state index in [0.29, 0.717) is 10.9 Å². The van der Waals surface area contributed by atoms with Crippen molar-refractivity contribution >= 4 is 11.0 Å². The first-order chi connectivity index (χ1) is 16.1. The van der Waals surface area contributed by atoms with Crippen LogP contribution in [0.1, 0.15) is 12.5 Å². The first-order valence-corrected chi connectivity index (χ1v) is 10.8. The number of benzene rings is 1. The zero-order chi connectivity index (χ0) is 24.7. The molecule has 0 bridgehead atoms. The molecule has 0 spiro atoms. The molecule has 1 aromatic heterocycles. The molecule has 0 saturated carbocycles. The van der Waals surface area contributed by atoms with Crippen LogP contribution in [0.3, 0.4) is 0 Å². The van der Waals surface area contributed by atoms with Crippen molar-refractivity contribution in [2.45, 2.75) is 75.3 Å². The molecule has 2 aliphatic rings. The third kappa shape index (κ3) is 4.69. The van der Waals surface area contributed by atoms with Gasteiger partial charge in [-0.05, 0) is 31.5 Å². The van der Waals surface area contributed by atoms with Crippen LogP contribution in [-0.4, -0.2) is 98.7 Å². The molecule has 12 nitrogen and oxygen atoms in total. The summed E-state index contributed by atoms with van der Waals surface area (Å²) in [5.41, 5.74) is 0.430. The number of aliphatic hydroxyl groups is 6. The van der Waals surface area contributed by atoms with Crippen molar-refractivity contribution in [2.75, 3.05) is 6.61 Å². The van der Waals surface area contributed by atoms with Crippen molar-refractivity contribution in [3.63, 3.8) is 0 Å². The molecule has 2 aromatic rings. The van der Waals surface area contributed by atoms with Gasteiger partial charge < -0.3 is 54.0 Å². The number of aliphatic hydroxyl groups excluding tert-OH is 6. The molecule has 0 amide bonds. The van der Waals surface area contributed by atoms with Gasteiger partial charge in [-0.15, -0.1) is 0 Å². The molecule has 6 N–H and O–H groups in total. The molecule has 12 heteroatoms. The van der Waals surface area contributed by atoms with Crippen molar-refractivity contribution in [2.24, 2.45) is 0 Å². The molecule has 34 heavy (non-hydrogen) atoms. The van der Waals surface area contributed by atoms with Crippen LogP contribution in [0, 0.1) is 6.92 Å². The summed E-state index contributed by atoms with van der Waals surface area (Å²) in [6, 6.07) is 6.01. The van der Waals surface area contributed by atoms with E-state index in [1.807, 2.05) is 0 Å². The highest BCUT2D eigenvalue weighted by atomic mass is 16.7. The van der Waals surface area contributed by atoms with Gasteiger partial charge in [0.05, 0.1) is 12.7 Å². The summed E-state index contributed by atoms with van der Waals surface area (Å²) in [5.74, 6) is 0.172. The molecule has 0 radical (unpaired) electrons. The second-order valence-electron chi connectivity index (χ2n) is 8.51. The summed E-state index contributed by atoms with van der Waals surface area (Å²) < 4.78 is 27.3. The Morgan fingerprint density at radius 3 is 2.32 bits per heavy atom. The van der Waals surface area contributed by atoms with Gasteiger partial charge in [-0.25, -0.2) is 4.79 Å². The molecule has 10 atom stereocenters. The van der Waals surface area contributed by atoms with E-state index in [1.54, 1.807) is 19.1 Å². The quantitative estimate of drug-likeness (QED) is 0.260. The van der Waals surface area contributed by atoms with E-state index in [4.69, 9.17) is 23.4 Å². The average Bonchev–Trinajstić information content (AvgIpc) is 2.80. The van der Waals surface area contributed by atoms with Crippen LogP contribution >= 0.6 is 0 Å². The first-order valence-electron chi connectivity index (χ1n) is 10.8. The highest BCUT2D eigenvalue weighted by Gasteiger charge is 2.50. The molecule has 188 valence electrons. The maximum Gasteiger partial charge on any atom is 0.336 e. The third-order valence-corrected chi connectivity index (χ3v) is 6.10. The van der Waals surface area contributed by atoms with E-state index in [9.17, 15) is 35.4 Å². The van der Waals surface area contributed by atoms with E-state index in [1.165, 1.54) is 19.1 Å². The molecular formula is C22H28O12. The fourth-order valence-corrected chi connectivity index (χ4v) is 4.11. The lowest BCUT2D eigenvalue weighted by Gasteiger charge is -2.45. The number of aryl methyl sites for hydroxylation is 1. The van der Waals surface area contributed by atoms with Crippen molar-refractivity contribution in [1.82, 2.24) is 0 Å². The van der Waals surface area contributed by atoms with Gasteiger partial charge >= 0.3 is 5.63 Å². The Hall–Kier alpha value is -2.13. The predicted molar refractivity (Wildman–Crippen MR) is 113 cm³/mol. The molecule has 4 rings (SSSR count). The number of fused-ring (bicyclic) bond motifs is 1. The highest BCUT2D eigenvalue weighted by molar-refractivity contribution is 5.81. The lowest BCUT2D eigenvalue weighted by atomic mass is 9.97. The summed E-state index contributed by atoms with van der Waals surface area (Å²) in [4.78, 5) is 11.7. The molecule has 2 saturated heterocycles. The van der Waals surface area contributed by atoms with Crippen LogP contribution in [0.4, 0.5) is 0 Å². The molecule has 0 unspecified atom stereocenters. The molecule has 2 fully saturated rings. The Bertz CT molecular complexity index is 1050. The van der Waals surface area contributed by atoms with Gasteiger partial charge in [0, 0.05) is 17.5 Å². The second-order valence-corrected chi connectivity index (χ2v) is 8.51. The van der Waals surface area contributed by atoms with Crippen molar-refractivity contribution < 1.29 is 54.0 Å². The van der Waals surface area contributed by atoms with E-state index < -0.39 is 73.6 Å². The van der Waals surface area contributed by atoms with Crippen molar-refractivity contribution in [3.8, 4) is 5.75 Å². The maximum atomic E-state index is 11.7. The Balaban J connectivity index is 1.50. The number of hydrogen-bond acceptors (Lipinski definition) is 12. The smallest absolute Gasteiger partial charge is 0.336 e. The molecule has 2 aliphatic heterocycles. The Labute approximate surface area is 193 Å². The predicted octanol–water partition coefficient (Wildman–Crippen LogP) is -1.87. The largest absolute Gasteiger partial charge is 0.462 e. The van der Waals surface area contributed by atoms with E-state index in [2.05, 4.69) is 0 Å². The molecular weight excluding hydrogens is 456 g/mol. The van der Waals surface area contributed by atoms with Crippen LogP contribution in [0.15, 0.2) is 33.5 Å². The zero-order valence-electron chi connectivity index (χ0n) is 18.4. The maximum absolute atomic E-state index is 11.7. The monoisotopic (exact) mass is 484 g/mol. The zero-order valence-corrected chi connectivity index (χ0v) is 18.4. The number of ether oxygens (including phenoxy) is 4. The summed E-state index contributed by atoms with van der Waals surface area (Å²) in [5, 5.41) is 61.7. The highest BCUT2D eigenvalue weighted by Crippen LogP contribution is 2.31. The fourth-order valence-electron chi connectivity index (χ4n) is 4.11. The van der Waals surface area contributed by atoms with Crippen LogP contribution in [0.5, 0.6) is 5.75 Å². The first kappa shape index (κ1) is 25.0. The van der Waals surface area contributed by atoms with Gasteiger partial charge in [0.1, 0.15) is 54.1 Å². The van der Waals surface area contributed by atoms with Gasteiger partial charge in [-0.3, -0.25) is 0 Å². The van der Waals surface area contributed by atoms with Gasteiger partial charge in [-0.1, -0.05) is 0 Å². The fraction of sp³-hybridized carbons (Fsp3) is 0.591. The van der Waals surface area contributed by atoms with Crippen LogP contribution in [0.2, 0.25) is 0 Å². The average molecular weight is 484 g/mol. The minimum atomic E-state index is -1.65. The Morgan fingerprint density at radius 1 is 0.912 bits per heavy atom. The topological polar surface area (TPSA) is 189 Å². The molecule has 0 aliphatic carbocycles. The van der Waals surface area contributed by atoms with E-state index in [-0.39, 0.29) is 11.3 Å². The molecule has 3 heterocycles. The van der Waals surface area contributed by atoms with E-state index >= 15 is 0 Å². The minimum Gasteiger partial charge on any atom is -0.462 e. The third-order valence-electron chi connectivity index (χ3n) is 6.10. The SMILES string of the molecule is Cc1cc(=O)oc2cc(O[C@H]3O[C@@H](CO)[C@H](O[C@@H]4O[C@H](C)[C@H](O)[C@@H](O)[C@@H]4O)[C@@H](O)[C@@H]3O)ccc12. The van der Waals surface area contributed by atoms with Gasteiger partial charge in [0.25, 0.3) is 0 Å². The lowest BCUT2D eigenvalue weighted by molar-refractivity contribution is -0.349. The number of rotatable bonds is 5. The van der Waals surface area contributed by atoms with Crippen LogP contribution < -0.4 is 10.4 Å². The summed E-state index contributed by atoms with van der Waals surface area (Å²) in [6.07, 6.45) is -14.2. The van der Waals surface area contributed by atoms with Gasteiger partial charge in [-0.2, -0.15) is 0 Å². The summed E-state index contributed by atoms with van der Waals surface area (Å²) in [7, 11) is 0. The summed E-state index contributed by atoms with van der Waals surface area (Å²) in [6.45, 7) is 2.56. The minimum absolute atomic E-state index is 0.172. The lowest BCUT2D eigenvalue weighted by Crippen LogP contribution is -2.64. The normalized spacial score (nSPS) is 38.7. The Kier molecular flexibility index (Phi) is 7.24. The van der Waals surface area contributed by atoms with Gasteiger partial charge in [0.15, 0.2) is 6.29 Å². The van der Waals surface area contributed by atoms with E-state index in [0.717, 1.165) is 0 Å². The van der Waals surface area contributed by atoms with Crippen molar-refractivity contribution in [3.05, 3.63) is 40.2 Å². The summed E-state index contributed by atoms with van der Waals surface area (Å²) >= 11 is 0. The molecule has 1 aromatic carbocycles. The number of hydrogen-bond donors (Lipinski definition) is 6. The second kappa shape index (κ2) is 9.85. The standard InChI is InChI=1S/C22H28O12/c1-8-5-14(24)32-12-6-10(3-4-11(8)12)31-22-19(29)17(27)20(13(7-23)33-22)34-21-18(28)16(26)15(25)9(2)30-21/h3-6,9,13,15-23,25-29H,7H2,1-2H3/t9-,13+,15+,16-,17+,18+,19+,20+,21+,22+/m1/s1. The van der Waals surface area contributed by atoms with Gasteiger partial charge in [0.2, 0.25) is 6.29 Å². The van der Waals surface area contributed by atoms with Crippen LogP contribution in [0.25, 0.3) is 11.0 Å². The Morgan fingerprint density at radius 2 is 1.62 bits per heavy atom.